The van der Waals surface area contributed by atoms with E-state index in [1.165, 1.54) is 0 Å². The first-order valence-corrected chi connectivity index (χ1v) is 9.56. The number of fused-ring (bicyclic) bond motifs is 1. The third-order valence-corrected chi connectivity index (χ3v) is 4.81. The first-order valence-electron chi connectivity index (χ1n) is 9.56. The van der Waals surface area contributed by atoms with E-state index >= 15 is 0 Å². The van der Waals surface area contributed by atoms with Gasteiger partial charge in [0.1, 0.15) is 12.3 Å². The predicted octanol–water partition coefficient (Wildman–Crippen LogP) is 2.60. The zero-order valence-electron chi connectivity index (χ0n) is 15.8. The molecule has 1 aromatic carbocycles. The number of morpholine rings is 1. The van der Waals surface area contributed by atoms with Crippen molar-refractivity contribution in [2.75, 3.05) is 31.2 Å². The van der Waals surface area contributed by atoms with Crippen molar-refractivity contribution in [3.63, 3.8) is 0 Å². The van der Waals surface area contributed by atoms with E-state index in [1.54, 1.807) is 10.7 Å². The lowest BCUT2D eigenvalue weighted by atomic mass is 10.2. The lowest BCUT2D eigenvalue weighted by molar-refractivity contribution is 0.122. The highest BCUT2D eigenvalue weighted by atomic mass is 16.5. The molecule has 1 fully saturated rings. The average molecular weight is 388 g/mol. The molecule has 8 heteroatoms. The second-order valence-corrected chi connectivity index (χ2v) is 6.70. The summed E-state index contributed by atoms with van der Waals surface area (Å²) in [4.78, 5) is 6.55. The van der Waals surface area contributed by atoms with Crippen LogP contribution in [0.2, 0.25) is 0 Å². The molecule has 1 aliphatic rings. The van der Waals surface area contributed by atoms with Gasteiger partial charge in [0.15, 0.2) is 11.5 Å². The van der Waals surface area contributed by atoms with Crippen LogP contribution in [0.3, 0.4) is 0 Å². The van der Waals surface area contributed by atoms with Gasteiger partial charge < -0.3 is 14.4 Å². The molecule has 4 heterocycles. The third kappa shape index (κ3) is 3.62. The van der Waals surface area contributed by atoms with Gasteiger partial charge in [-0.2, -0.15) is 4.52 Å². The number of rotatable bonds is 5. The van der Waals surface area contributed by atoms with E-state index in [4.69, 9.17) is 14.6 Å². The normalized spacial score (nSPS) is 14.3. The molecule has 4 aromatic rings. The highest BCUT2D eigenvalue weighted by Crippen LogP contribution is 2.30. The number of hydrogen-bond donors (Lipinski definition) is 0. The third-order valence-electron chi connectivity index (χ3n) is 4.81. The first kappa shape index (κ1) is 17.6. The van der Waals surface area contributed by atoms with Crippen molar-refractivity contribution in [3.8, 4) is 17.3 Å². The number of pyridine rings is 1. The molecule has 1 aliphatic heterocycles. The van der Waals surface area contributed by atoms with Crippen LogP contribution in [0.15, 0.2) is 60.8 Å². The molecule has 0 saturated carbocycles. The summed E-state index contributed by atoms with van der Waals surface area (Å²) in [6.45, 7) is 3.23. The SMILES string of the molecule is c1ccc(-c2nnc3cc(N4CCOCC4)c(OCc4ccccn4)nn23)cc1. The summed E-state index contributed by atoms with van der Waals surface area (Å²) >= 11 is 0. The minimum absolute atomic E-state index is 0.333. The molecule has 0 unspecified atom stereocenters. The Balaban J connectivity index is 1.56. The summed E-state index contributed by atoms with van der Waals surface area (Å²) in [6.07, 6.45) is 1.76. The lowest BCUT2D eigenvalue weighted by Crippen LogP contribution is -2.36. The van der Waals surface area contributed by atoms with Crippen LogP contribution in [-0.2, 0) is 11.3 Å². The van der Waals surface area contributed by atoms with Gasteiger partial charge in [0, 0.05) is 30.9 Å². The van der Waals surface area contributed by atoms with Gasteiger partial charge in [-0.1, -0.05) is 36.4 Å². The van der Waals surface area contributed by atoms with Crippen LogP contribution in [0.5, 0.6) is 5.88 Å². The Bertz CT molecular complexity index is 1090. The van der Waals surface area contributed by atoms with Crippen molar-refractivity contribution in [2.24, 2.45) is 0 Å². The van der Waals surface area contributed by atoms with Crippen LogP contribution >= 0.6 is 0 Å². The van der Waals surface area contributed by atoms with Gasteiger partial charge in [0.05, 0.1) is 18.9 Å². The molecule has 146 valence electrons. The fourth-order valence-electron chi connectivity index (χ4n) is 3.33. The maximum Gasteiger partial charge on any atom is 0.256 e. The van der Waals surface area contributed by atoms with Crippen LogP contribution in [0.1, 0.15) is 5.69 Å². The van der Waals surface area contributed by atoms with Crippen molar-refractivity contribution in [2.45, 2.75) is 6.61 Å². The molecule has 3 aromatic heterocycles. The monoisotopic (exact) mass is 388 g/mol. The van der Waals surface area contributed by atoms with Crippen LogP contribution in [0.4, 0.5) is 5.69 Å². The molecule has 0 radical (unpaired) electrons. The number of ether oxygens (including phenoxy) is 2. The summed E-state index contributed by atoms with van der Waals surface area (Å²) in [6, 6.07) is 17.6. The van der Waals surface area contributed by atoms with E-state index in [1.807, 2.05) is 54.6 Å². The van der Waals surface area contributed by atoms with Crippen molar-refractivity contribution in [3.05, 3.63) is 66.5 Å². The Kier molecular flexibility index (Phi) is 4.75. The molecule has 0 amide bonds. The van der Waals surface area contributed by atoms with E-state index in [2.05, 4.69) is 20.1 Å². The molecule has 0 bridgehead atoms. The highest BCUT2D eigenvalue weighted by molar-refractivity contribution is 5.65. The first-order chi connectivity index (χ1) is 14.4. The number of hydrogen-bond acceptors (Lipinski definition) is 7. The number of nitrogens with zero attached hydrogens (tertiary/aromatic N) is 6. The van der Waals surface area contributed by atoms with Crippen molar-refractivity contribution >= 4 is 11.3 Å². The number of benzene rings is 1. The number of aromatic nitrogens is 5. The Morgan fingerprint density at radius 3 is 2.59 bits per heavy atom. The molecule has 0 spiro atoms. The minimum atomic E-state index is 0.333. The van der Waals surface area contributed by atoms with Crippen molar-refractivity contribution in [1.29, 1.82) is 0 Å². The Morgan fingerprint density at radius 1 is 0.966 bits per heavy atom. The summed E-state index contributed by atoms with van der Waals surface area (Å²) < 4.78 is 13.3. The summed E-state index contributed by atoms with van der Waals surface area (Å²) in [5.41, 5.74) is 3.36. The van der Waals surface area contributed by atoms with E-state index < -0.39 is 0 Å². The van der Waals surface area contributed by atoms with Crippen LogP contribution in [0.25, 0.3) is 17.0 Å². The zero-order chi connectivity index (χ0) is 19.5. The molecule has 0 atom stereocenters. The largest absolute Gasteiger partial charge is 0.469 e. The summed E-state index contributed by atoms with van der Waals surface area (Å²) in [5.74, 6) is 1.21. The van der Waals surface area contributed by atoms with Gasteiger partial charge in [-0.05, 0) is 12.1 Å². The fraction of sp³-hybridized carbons (Fsp3) is 0.238. The Labute approximate surface area is 167 Å². The minimum Gasteiger partial charge on any atom is -0.469 e. The van der Waals surface area contributed by atoms with E-state index in [9.17, 15) is 0 Å². The van der Waals surface area contributed by atoms with Crippen molar-refractivity contribution < 1.29 is 9.47 Å². The Morgan fingerprint density at radius 2 is 1.79 bits per heavy atom. The maximum absolute atomic E-state index is 6.11. The number of anilines is 1. The molecule has 8 nitrogen and oxygen atoms in total. The molecule has 0 N–H and O–H groups in total. The summed E-state index contributed by atoms with van der Waals surface area (Å²) in [7, 11) is 0. The second-order valence-electron chi connectivity index (χ2n) is 6.70. The standard InChI is InChI=1S/C21H20N6O2/c1-2-6-16(7-3-1)20-24-23-19-14-18(26-10-12-28-13-11-26)21(25-27(19)20)29-15-17-8-4-5-9-22-17/h1-9,14H,10-13,15H2. The van der Waals surface area contributed by atoms with Gasteiger partial charge in [-0.3, -0.25) is 4.98 Å². The molecular formula is C21H20N6O2. The smallest absolute Gasteiger partial charge is 0.256 e. The lowest BCUT2D eigenvalue weighted by Gasteiger charge is -2.29. The molecule has 0 aliphatic carbocycles. The topological polar surface area (TPSA) is 77.7 Å². The average Bonchev–Trinajstić information content (AvgIpc) is 3.22. The van der Waals surface area contributed by atoms with Gasteiger partial charge in [-0.15, -0.1) is 15.3 Å². The zero-order valence-corrected chi connectivity index (χ0v) is 15.8. The fourth-order valence-corrected chi connectivity index (χ4v) is 3.33. The molecular weight excluding hydrogens is 368 g/mol. The second kappa shape index (κ2) is 7.84. The molecule has 5 rings (SSSR count). The van der Waals surface area contributed by atoms with Gasteiger partial charge in [0.25, 0.3) is 5.88 Å². The van der Waals surface area contributed by atoms with E-state index in [-0.39, 0.29) is 0 Å². The molecule has 1 saturated heterocycles. The summed E-state index contributed by atoms with van der Waals surface area (Å²) in [5, 5.41) is 13.4. The maximum atomic E-state index is 6.11. The quantitative estimate of drug-likeness (QED) is 0.520. The Hall–Kier alpha value is -3.52. The van der Waals surface area contributed by atoms with Gasteiger partial charge in [0.2, 0.25) is 0 Å². The van der Waals surface area contributed by atoms with Crippen LogP contribution < -0.4 is 9.64 Å². The molecule has 29 heavy (non-hydrogen) atoms. The predicted molar refractivity (Wildman–Crippen MR) is 108 cm³/mol. The van der Waals surface area contributed by atoms with Crippen LogP contribution in [0, 0.1) is 0 Å². The van der Waals surface area contributed by atoms with E-state index in [0.29, 0.717) is 37.2 Å². The van der Waals surface area contributed by atoms with Crippen molar-refractivity contribution in [1.82, 2.24) is 24.8 Å². The van der Waals surface area contributed by atoms with Gasteiger partial charge >= 0.3 is 0 Å². The van der Waals surface area contributed by atoms with Gasteiger partial charge in [-0.25, -0.2) is 0 Å². The van der Waals surface area contributed by atoms with E-state index in [0.717, 1.165) is 30.0 Å². The highest BCUT2D eigenvalue weighted by Gasteiger charge is 2.21. The van der Waals surface area contributed by atoms with Crippen LogP contribution in [-0.4, -0.2) is 51.1 Å².